The van der Waals surface area contributed by atoms with Gasteiger partial charge in [0, 0.05) is 5.38 Å². The van der Waals surface area contributed by atoms with Crippen LogP contribution in [-0.2, 0) is 0 Å². The van der Waals surface area contributed by atoms with Gasteiger partial charge in [0.25, 0.3) is 0 Å². The monoisotopic (exact) mass is 158 g/mol. The first-order chi connectivity index (χ1) is 4.88. The molecule has 1 N–H and O–H groups in total. The Morgan fingerprint density at radius 2 is 2.20 bits per heavy atom. The van der Waals surface area contributed by atoms with Crippen molar-refractivity contribution in [3.05, 3.63) is 5.38 Å². The van der Waals surface area contributed by atoms with Gasteiger partial charge < -0.3 is 14.6 Å². The first kappa shape index (κ1) is 5.85. The van der Waals surface area contributed by atoms with Crippen molar-refractivity contribution in [3.8, 4) is 16.6 Å². The number of hydrogen-bond acceptors (Lipinski definition) is 4. The van der Waals surface area contributed by atoms with E-state index in [1.807, 2.05) is 0 Å². The van der Waals surface area contributed by atoms with Crippen LogP contribution in [0.5, 0.6) is 16.6 Å². The maximum Gasteiger partial charge on any atom is 0.218 e. The van der Waals surface area contributed by atoms with Crippen LogP contribution in [0, 0.1) is 0 Å². The van der Waals surface area contributed by atoms with Crippen molar-refractivity contribution < 1.29 is 14.6 Å². The van der Waals surface area contributed by atoms with Gasteiger partial charge in [-0.1, -0.05) is 11.3 Å². The normalized spacial score (nSPS) is 15.2. The molecule has 1 aromatic rings. The minimum absolute atomic E-state index is 0.203. The number of hydrogen-bond donors (Lipinski definition) is 1. The summed E-state index contributed by atoms with van der Waals surface area (Å²) in [6, 6.07) is 0. The molecule has 2 heterocycles. The summed E-state index contributed by atoms with van der Waals surface area (Å²) < 4.78 is 10.3. The van der Waals surface area contributed by atoms with Gasteiger partial charge in [0.2, 0.25) is 10.8 Å². The molecule has 0 atom stereocenters. The Hall–Kier alpha value is -0.900. The quantitative estimate of drug-likeness (QED) is 0.617. The molecule has 0 fully saturated rings. The number of aromatic hydroxyl groups is 1. The second kappa shape index (κ2) is 2.05. The maximum atomic E-state index is 9.11. The third kappa shape index (κ3) is 0.724. The van der Waals surface area contributed by atoms with Gasteiger partial charge >= 0.3 is 0 Å². The average molecular weight is 158 g/mol. The molecule has 0 bridgehead atoms. The summed E-state index contributed by atoms with van der Waals surface area (Å²) in [7, 11) is 0. The van der Waals surface area contributed by atoms with E-state index in [1.165, 1.54) is 11.3 Å². The molecule has 10 heavy (non-hydrogen) atoms. The Bertz CT molecular complexity index is 243. The van der Waals surface area contributed by atoms with Crippen LogP contribution < -0.4 is 9.47 Å². The molecule has 0 aliphatic carbocycles. The van der Waals surface area contributed by atoms with Crippen LogP contribution in [0.4, 0.5) is 0 Å². The van der Waals surface area contributed by atoms with Crippen LogP contribution in [0.15, 0.2) is 5.38 Å². The third-order valence-corrected chi connectivity index (χ3v) is 2.02. The molecular weight excluding hydrogens is 152 g/mol. The molecule has 4 heteroatoms. The highest BCUT2D eigenvalue weighted by Gasteiger charge is 2.17. The fourth-order valence-corrected chi connectivity index (χ4v) is 1.51. The van der Waals surface area contributed by atoms with Crippen molar-refractivity contribution in [3.63, 3.8) is 0 Å². The van der Waals surface area contributed by atoms with Crippen LogP contribution in [0.1, 0.15) is 0 Å². The van der Waals surface area contributed by atoms with Gasteiger partial charge in [-0.25, -0.2) is 0 Å². The summed E-state index contributed by atoms with van der Waals surface area (Å²) in [6.07, 6.45) is 0. The van der Waals surface area contributed by atoms with E-state index in [4.69, 9.17) is 14.6 Å². The summed E-state index contributed by atoms with van der Waals surface area (Å²) in [4.78, 5) is 0. The zero-order chi connectivity index (χ0) is 6.97. The van der Waals surface area contributed by atoms with E-state index in [-0.39, 0.29) is 5.06 Å². The van der Waals surface area contributed by atoms with Crippen molar-refractivity contribution in [1.29, 1.82) is 0 Å². The lowest BCUT2D eigenvalue weighted by atomic mass is 10.5. The molecule has 1 aliphatic rings. The van der Waals surface area contributed by atoms with Gasteiger partial charge in [-0.15, -0.1) is 0 Å². The fourth-order valence-electron chi connectivity index (χ4n) is 0.850. The average Bonchev–Trinajstić information content (AvgIpc) is 2.34. The van der Waals surface area contributed by atoms with E-state index in [0.717, 1.165) is 0 Å². The fraction of sp³-hybridized carbons (Fsp3) is 0.333. The highest BCUT2D eigenvalue weighted by atomic mass is 32.1. The smallest absolute Gasteiger partial charge is 0.218 e. The van der Waals surface area contributed by atoms with Gasteiger partial charge in [0.1, 0.15) is 13.2 Å². The molecule has 0 saturated carbocycles. The Morgan fingerprint density at radius 3 is 3.00 bits per heavy atom. The van der Waals surface area contributed by atoms with E-state index < -0.39 is 0 Å². The van der Waals surface area contributed by atoms with Crippen LogP contribution in [0.25, 0.3) is 0 Å². The predicted molar refractivity (Wildman–Crippen MR) is 37.0 cm³/mol. The summed E-state index contributed by atoms with van der Waals surface area (Å²) in [5, 5.41) is 11.1. The Morgan fingerprint density at radius 1 is 1.40 bits per heavy atom. The second-order valence-electron chi connectivity index (χ2n) is 1.93. The minimum atomic E-state index is 0.203. The molecule has 0 aromatic carbocycles. The first-order valence-electron chi connectivity index (χ1n) is 2.94. The van der Waals surface area contributed by atoms with Crippen LogP contribution in [0.3, 0.4) is 0 Å². The number of rotatable bonds is 0. The number of fused-ring (bicyclic) bond motifs is 1. The Kier molecular flexibility index (Phi) is 1.20. The van der Waals surface area contributed by atoms with Gasteiger partial charge in [-0.3, -0.25) is 0 Å². The van der Waals surface area contributed by atoms with E-state index in [1.54, 1.807) is 5.38 Å². The van der Waals surface area contributed by atoms with Crippen molar-refractivity contribution in [2.45, 2.75) is 0 Å². The second-order valence-corrected chi connectivity index (χ2v) is 2.79. The highest BCUT2D eigenvalue weighted by Crippen LogP contribution is 2.44. The van der Waals surface area contributed by atoms with Gasteiger partial charge in [0.15, 0.2) is 5.75 Å². The topological polar surface area (TPSA) is 38.7 Å². The molecule has 1 aliphatic heterocycles. The Labute approximate surface area is 61.8 Å². The van der Waals surface area contributed by atoms with Crippen molar-refractivity contribution in [2.75, 3.05) is 13.2 Å². The van der Waals surface area contributed by atoms with Crippen LogP contribution >= 0.6 is 11.3 Å². The molecule has 0 saturated heterocycles. The molecule has 0 radical (unpaired) electrons. The molecular formula is C6H6O3S. The van der Waals surface area contributed by atoms with E-state index in [9.17, 15) is 0 Å². The molecule has 2 rings (SSSR count). The number of thiophene rings is 1. The van der Waals surface area contributed by atoms with Crippen molar-refractivity contribution >= 4 is 11.3 Å². The van der Waals surface area contributed by atoms with Gasteiger partial charge in [-0.2, -0.15) is 0 Å². The predicted octanol–water partition coefficient (Wildman–Crippen LogP) is 1.22. The standard InChI is InChI=1S/C6H6O3S/c7-6-5-4(3-10-6)8-1-2-9-5/h3,7H,1-2H2. The Balaban J connectivity index is 2.45. The summed E-state index contributed by atoms with van der Waals surface area (Å²) in [6.45, 7) is 1.10. The first-order valence-corrected chi connectivity index (χ1v) is 3.82. The van der Waals surface area contributed by atoms with Crippen molar-refractivity contribution in [2.24, 2.45) is 0 Å². The molecule has 0 spiro atoms. The summed E-state index contributed by atoms with van der Waals surface area (Å²) >= 11 is 1.23. The van der Waals surface area contributed by atoms with Crippen molar-refractivity contribution in [1.82, 2.24) is 0 Å². The van der Waals surface area contributed by atoms with Gasteiger partial charge in [0.05, 0.1) is 0 Å². The lowest BCUT2D eigenvalue weighted by Gasteiger charge is -2.13. The third-order valence-electron chi connectivity index (χ3n) is 1.28. The lowest BCUT2D eigenvalue weighted by Crippen LogP contribution is -2.13. The highest BCUT2D eigenvalue weighted by molar-refractivity contribution is 7.12. The maximum absolute atomic E-state index is 9.11. The van der Waals surface area contributed by atoms with Crippen LogP contribution in [0.2, 0.25) is 0 Å². The van der Waals surface area contributed by atoms with E-state index in [2.05, 4.69) is 0 Å². The summed E-state index contributed by atoms with van der Waals surface area (Å²) in [5.41, 5.74) is 0. The SMILES string of the molecule is Oc1scc2c1OCCO2. The molecule has 0 unspecified atom stereocenters. The molecule has 1 aromatic heterocycles. The zero-order valence-electron chi connectivity index (χ0n) is 5.16. The zero-order valence-corrected chi connectivity index (χ0v) is 5.98. The molecule has 3 nitrogen and oxygen atoms in total. The molecule has 54 valence electrons. The van der Waals surface area contributed by atoms with Gasteiger partial charge in [-0.05, 0) is 0 Å². The van der Waals surface area contributed by atoms with E-state index >= 15 is 0 Å². The largest absolute Gasteiger partial charge is 0.497 e. The van der Waals surface area contributed by atoms with Crippen LogP contribution in [-0.4, -0.2) is 18.3 Å². The van der Waals surface area contributed by atoms with E-state index in [0.29, 0.717) is 24.7 Å². The summed E-state index contributed by atoms with van der Waals surface area (Å²) in [5.74, 6) is 1.16. The lowest BCUT2D eigenvalue weighted by molar-refractivity contribution is 0.168. The molecule has 0 amide bonds. The number of ether oxygens (including phenoxy) is 2. The minimum Gasteiger partial charge on any atom is -0.497 e.